The third-order valence-electron chi connectivity index (χ3n) is 7.92. The molecule has 216 valence electrons. The van der Waals surface area contributed by atoms with E-state index in [2.05, 4.69) is 9.88 Å². The van der Waals surface area contributed by atoms with E-state index >= 15 is 0 Å². The molecule has 42 heavy (non-hydrogen) atoms. The lowest BCUT2D eigenvalue weighted by atomic mass is 9.93. The number of fused-ring (bicyclic) bond motifs is 1. The van der Waals surface area contributed by atoms with Gasteiger partial charge in [0.25, 0.3) is 0 Å². The summed E-state index contributed by atoms with van der Waals surface area (Å²) in [6.07, 6.45) is 2.78. The Morgan fingerprint density at radius 3 is 2.67 bits per heavy atom. The lowest BCUT2D eigenvalue weighted by Crippen LogP contribution is -2.35. The molecule has 3 aromatic heterocycles. The van der Waals surface area contributed by atoms with E-state index in [1.54, 1.807) is 18.2 Å². The molecule has 0 spiro atoms. The molecular formula is C30H30FN7O4. The van der Waals surface area contributed by atoms with Gasteiger partial charge in [-0.15, -0.1) is 0 Å². The molecule has 2 aliphatic rings. The molecule has 4 aromatic rings. The zero-order chi connectivity index (χ0) is 29.2. The van der Waals surface area contributed by atoms with Crippen molar-refractivity contribution >= 4 is 22.8 Å². The fraction of sp³-hybridized carbons (Fsp3) is 0.367. The van der Waals surface area contributed by atoms with E-state index in [0.29, 0.717) is 35.6 Å². The van der Waals surface area contributed by atoms with E-state index in [4.69, 9.17) is 30.4 Å². The highest BCUT2D eigenvalue weighted by atomic mass is 19.1. The molecule has 1 atom stereocenters. The number of aromatic carboxylic acids is 1. The average molecular weight is 572 g/mol. The summed E-state index contributed by atoms with van der Waals surface area (Å²) in [6, 6.07) is 13.4. The number of nitrogens with two attached hydrogens (primary N) is 1. The molecule has 0 aliphatic carbocycles. The predicted molar refractivity (Wildman–Crippen MR) is 150 cm³/mol. The van der Waals surface area contributed by atoms with Gasteiger partial charge in [0, 0.05) is 29.8 Å². The second kappa shape index (κ2) is 11.7. The average Bonchev–Trinajstić information content (AvgIpc) is 3.31. The number of carboxylic acids is 1. The molecule has 2 fully saturated rings. The highest BCUT2D eigenvalue weighted by Crippen LogP contribution is 2.30. The first-order chi connectivity index (χ1) is 20.4. The Labute approximate surface area is 241 Å². The first-order valence-corrected chi connectivity index (χ1v) is 13.9. The fourth-order valence-corrected chi connectivity index (χ4v) is 5.47. The van der Waals surface area contributed by atoms with E-state index in [1.165, 1.54) is 12.1 Å². The Hall–Kier alpha value is -4.60. The third kappa shape index (κ3) is 5.74. The minimum atomic E-state index is -1.13. The summed E-state index contributed by atoms with van der Waals surface area (Å²) in [5, 5.41) is 18.4. The standard InChI is InChI=1S/C30H30FN7O4/c31-22-12-18(14-32)4-5-20(22)17-42-27-3-1-2-23(34-27)19-6-9-37(10-7-19)16-26-36-28-25(38(26)15-21-8-11-41-21)13-24(30(39)40)35-29(28)33/h1-5,12-13,19,21H,6-11,15-17H2,(H2,33,35)(H,39,40)/t21-/m0/s1. The van der Waals surface area contributed by atoms with Crippen molar-refractivity contribution in [2.75, 3.05) is 25.4 Å². The lowest BCUT2D eigenvalue weighted by molar-refractivity contribution is -0.0592. The maximum Gasteiger partial charge on any atom is 0.354 e. The number of nitrogen functional groups attached to an aromatic ring is 1. The van der Waals surface area contributed by atoms with Crippen molar-refractivity contribution in [3.05, 3.63) is 76.6 Å². The van der Waals surface area contributed by atoms with E-state index in [0.717, 1.165) is 50.5 Å². The quantitative estimate of drug-likeness (QED) is 0.303. The number of carboxylic acid groups (broad SMARTS) is 1. The molecule has 6 rings (SSSR count). The van der Waals surface area contributed by atoms with Gasteiger partial charge in [0.2, 0.25) is 5.88 Å². The van der Waals surface area contributed by atoms with Gasteiger partial charge in [-0.1, -0.05) is 12.1 Å². The maximum atomic E-state index is 14.2. The number of ether oxygens (including phenoxy) is 2. The van der Waals surface area contributed by atoms with Crippen molar-refractivity contribution in [3.63, 3.8) is 0 Å². The number of nitriles is 1. The van der Waals surface area contributed by atoms with Crippen LogP contribution in [0.25, 0.3) is 11.0 Å². The molecule has 2 saturated heterocycles. The van der Waals surface area contributed by atoms with E-state index in [9.17, 15) is 14.3 Å². The van der Waals surface area contributed by atoms with Gasteiger partial charge in [0.15, 0.2) is 11.5 Å². The third-order valence-corrected chi connectivity index (χ3v) is 7.92. The zero-order valence-corrected chi connectivity index (χ0v) is 22.9. The summed E-state index contributed by atoms with van der Waals surface area (Å²) >= 11 is 0. The minimum Gasteiger partial charge on any atom is -0.477 e. The molecule has 1 aromatic carbocycles. The van der Waals surface area contributed by atoms with Crippen molar-refractivity contribution in [1.82, 2.24) is 24.4 Å². The van der Waals surface area contributed by atoms with Crippen LogP contribution < -0.4 is 10.5 Å². The number of piperidine rings is 1. The van der Waals surface area contributed by atoms with Crippen LogP contribution in [-0.4, -0.2) is 61.3 Å². The number of hydrogen-bond donors (Lipinski definition) is 2. The first-order valence-electron chi connectivity index (χ1n) is 13.9. The molecule has 11 nitrogen and oxygen atoms in total. The molecule has 3 N–H and O–H groups in total. The first kappa shape index (κ1) is 27.6. The monoisotopic (exact) mass is 571 g/mol. The maximum absolute atomic E-state index is 14.2. The number of pyridine rings is 2. The summed E-state index contributed by atoms with van der Waals surface area (Å²) in [5.41, 5.74) is 8.73. The predicted octanol–water partition coefficient (Wildman–Crippen LogP) is 3.86. The van der Waals surface area contributed by atoms with Gasteiger partial charge in [0.1, 0.15) is 23.8 Å². The van der Waals surface area contributed by atoms with Crippen LogP contribution in [0, 0.1) is 17.1 Å². The van der Waals surface area contributed by atoms with Crippen molar-refractivity contribution in [2.24, 2.45) is 0 Å². The van der Waals surface area contributed by atoms with Gasteiger partial charge in [-0.3, -0.25) is 4.90 Å². The lowest BCUT2D eigenvalue weighted by Gasteiger charge is -2.32. The van der Waals surface area contributed by atoms with Crippen LogP contribution >= 0.6 is 0 Å². The van der Waals surface area contributed by atoms with E-state index in [-0.39, 0.29) is 35.7 Å². The van der Waals surface area contributed by atoms with Crippen molar-refractivity contribution < 1.29 is 23.8 Å². The van der Waals surface area contributed by atoms with E-state index < -0.39 is 11.8 Å². The molecular weight excluding hydrogens is 541 g/mol. The number of anilines is 1. The zero-order valence-electron chi connectivity index (χ0n) is 22.9. The summed E-state index contributed by atoms with van der Waals surface area (Å²) in [5.74, 6) is -0.0297. The number of likely N-dealkylation sites (tertiary alicyclic amines) is 1. The Morgan fingerprint density at radius 2 is 1.98 bits per heavy atom. The Morgan fingerprint density at radius 1 is 1.17 bits per heavy atom. The number of aromatic nitrogens is 4. The molecule has 12 heteroatoms. The van der Waals surface area contributed by atoms with Gasteiger partial charge in [0.05, 0.1) is 36.3 Å². The molecule has 0 amide bonds. The number of nitrogens with zero attached hydrogens (tertiary/aromatic N) is 6. The van der Waals surface area contributed by atoms with Gasteiger partial charge >= 0.3 is 5.97 Å². The van der Waals surface area contributed by atoms with Crippen LogP contribution in [0.3, 0.4) is 0 Å². The minimum absolute atomic E-state index is 0.0212. The summed E-state index contributed by atoms with van der Waals surface area (Å²) in [6.45, 7) is 3.55. The molecule has 2 aliphatic heterocycles. The van der Waals surface area contributed by atoms with Crippen LogP contribution in [0.5, 0.6) is 5.88 Å². The van der Waals surface area contributed by atoms with Crippen LogP contribution in [0.1, 0.15) is 58.3 Å². The highest BCUT2D eigenvalue weighted by molar-refractivity contribution is 5.94. The number of halogens is 1. The fourth-order valence-electron chi connectivity index (χ4n) is 5.47. The second-order valence-corrected chi connectivity index (χ2v) is 10.6. The largest absolute Gasteiger partial charge is 0.477 e. The van der Waals surface area contributed by atoms with Gasteiger partial charge in [-0.05, 0) is 56.6 Å². The van der Waals surface area contributed by atoms with Crippen molar-refractivity contribution in [2.45, 2.75) is 51.0 Å². The van der Waals surface area contributed by atoms with Crippen molar-refractivity contribution in [3.8, 4) is 11.9 Å². The molecule has 0 saturated carbocycles. The normalized spacial score (nSPS) is 17.6. The van der Waals surface area contributed by atoms with Crippen LogP contribution in [-0.2, 0) is 24.4 Å². The Kier molecular flexibility index (Phi) is 7.69. The van der Waals surface area contributed by atoms with Gasteiger partial charge in [-0.25, -0.2) is 24.1 Å². The molecule has 0 radical (unpaired) electrons. The second-order valence-electron chi connectivity index (χ2n) is 10.6. The number of rotatable bonds is 9. The number of benzene rings is 1. The molecule has 0 bridgehead atoms. The van der Waals surface area contributed by atoms with E-state index in [1.807, 2.05) is 22.8 Å². The topological polar surface area (TPSA) is 152 Å². The van der Waals surface area contributed by atoms with Gasteiger partial charge in [-0.2, -0.15) is 5.26 Å². The summed E-state index contributed by atoms with van der Waals surface area (Å²) in [4.78, 5) is 27.4. The Bertz CT molecular complexity index is 1670. The van der Waals surface area contributed by atoms with Crippen LogP contribution in [0.4, 0.5) is 10.2 Å². The SMILES string of the molecule is N#Cc1ccc(COc2cccc(C3CCN(Cc4nc5c(N)nc(C(=O)O)cc5n4C[C@@H]4CCO4)CC3)n2)c(F)c1. The van der Waals surface area contributed by atoms with Gasteiger partial charge < -0.3 is 24.9 Å². The highest BCUT2D eigenvalue weighted by Gasteiger charge is 2.27. The van der Waals surface area contributed by atoms with Crippen molar-refractivity contribution in [1.29, 1.82) is 5.26 Å². The van der Waals surface area contributed by atoms with Crippen LogP contribution in [0.2, 0.25) is 0 Å². The summed E-state index contributed by atoms with van der Waals surface area (Å²) in [7, 11) is 0. The number of carbonyl (C=O) groups is 1. The Balaban J connectivity index is 1.12. The number of hydrogen-bond acceptors (Lipinski definition) is 9. The van der Waals surface area contributed by atoms with Crippen LogP contribution in [0.15, 0.2) is 42.5 Å². The molecule has 0 unspecified atom stereocenters. The molecule has 5 heterocycles. The number of imidazole rings is 1. The summed E-state index contributed by atoms with van der Waals surface area (Å²) < 4.78 is 27.7. The smallest absolute Gasteiger partial charge is 0.354 e.